The molecule has 2 N–H and O–H groups in total. The summed E-state index contributed by atoms with van der Waals surface area (Å²) in [5.41, 5.74) is 6.10. The van der Waals surface area contributed by atoms with Gasteiger partial charge in [-0.3, -0.25) is 4.79 Å². The molecule has 1 aliphatic rings. The number of amides is 1. The van der Waals surface area contributed by atoms with Crippen molar-refractivity contribution >= 4 is 5.91 Å². The van der Waals surface area contributed by atoms with Crippen LogP contribution in [0.3, 0.4) is 0 Å². The van der Waals surface area contributed by atoms with Crippen molar-refractivity contribution in [2.45, 2.75) is 25.5 Å². The molecule has 21 heavy (non-hydrogen) atoms. The van der Waals surface area contributed by atoms with Crippen molar-refractivity contribution in [1.29, 1.82) is 0 Å². The zero-order valence-electron chi connectivity index (χ0n) is 12.2. The summed E-state index contributed by atoms with van der Waals surface area (Å²) < 4.78 is 19.0. The Kier molecular flexibility index (Phi) is 4.94. The predicted octanol–water partition coefficient (Wildman–Crippen LogP) is 1.39. The van der Waals surface area contributed by atoms with Crippen LogP contribution >= 0.6 is 0 Å². The van der Waals surface area contributed by atoms with Gasteiger partial charge in [-0.05, 0) is 31.5 Å². The Labute approximate surface area is 124 Å². The highest BCUT2D eigenvalue weighted by atomic mass is 19.1. The molecular formula is C16H19FN2O2. The first kappa shape index (κ1) is 15.5. The first-order chi connectivity index (χ1) is 10.0. The number of ether oxygens (including phenoxy) is 1. The van der Waals surface area contributed by atoms with Gasteiger partial charge in [-0.25, -0.2) is 4.39 Å². The first-order valence-electron chi connectivity index (χ1n) is 6.92. The van der Waals surface area contributed by atoms with Gasteiger partial charge in [0.05, 0.1) is 24.3 Å². The van der Waals surface area contributed by atoms with E-state index in [2.05, 4.69) is 11.8 Å². The lowest BCUT2D eigenvalue weighted by molar-refractivity contribution is 0.0574. The molecule has 1 aliphatic heterocycles. The highest BCUT2D eigenvalue weighted by Crippen LogP contribution is 2.21. The average Bonchev–Trinajstić information content (AvgIpc) is 2.90. The maximum atomic E-state index is 13.5. The predicted molar refractivity (Wildman–Crippen MR) is 78.2 cm³/mol. The zero-order valence-corrected chi connectivity index (χ0v) is 12.2. The van der Waals surface area contributed by atoms with Crippen LogP contribution < -0.4 is 5.73 Å². The lowest BCUT2D eigenvalue weighted by Crippen LogP contribution is -2.41. The van der Waals surface area contributed by atoms with E-state index in [1.165, 1.54) is 18.2 Å². The number of likely N-dealkylation sites (N-methyl/N-ethyl adjacent to an activating group) is 1. The topological polar surface area (TPSA) is 55.6 Å². The van der Waals surface area contributed by atoms with E-state index in [1.54, 1.807) is 11.9 Å². The van der Waals surface area contributed by atoms with E-state index in [9.17, 15) is 9.18 Å². The maximum absolute atomic E-state index is 13.5. The Bertz CT molecular complexity index is 592. The third-order valence-corrected chi connectivity index (χ3v) is 3.69. The highest BCUT2D eigenvalue weighted by Gasteiger charge is 2.31. The molecule has 5 heteroatoms. The Balaban J connectivity index is 2.31. The van der Waals surface area contributed by atoms with E-state index in [0.717, 1.165) is 6.42 Å². The Morgan fingerprint density at radius 1 is 1.57 bits per heavy atom. The Morgan fingerprint density at radius 2 is 2.33 bits per heavy atom. The van der Waals surface area contributed by atoms with Gasteiger partial charge in [0.15, 0.2) is 0 Å². The summed E-state index contributed by atoms with van der Waals surface area (Å²) in [5, 5.41) is 0. The Morgan fingerprint density at radius 3 is 2.95 bits per heavy atom. The van der Waals surface area contributed by atoms with Gasteiger partial charge in [0.25, 0.3) is 5.91 Å². The molecule has 4 nitrogen and oxygen atoms in total. The minimum absolute atomic E-state index is 0.00362. The Hall–Kier alpha value is -1.90. The van der Waals surface area contributed by atoms with E-state index in [-0.39, 0.29) is 30.2 Å². The van der Waals surface area contributed by atoms with E-state index >= 15 is 0 Å². The van der Waals surface area contributed by atoms with Crippen LogP contribution in [0.2, 0.25) is 0 Å². The van der Waals surface area contributed by atoms with Gasteiger partial charge < -0.3 is 15.4 Å². The van der Waals surface area contributed by atoms with Crippen molar-refractivity contribution in [2.24, 2.45) is 5.73 Å². The van der Waals surface area contributed by atoms with Gasteiger partial charge in [0.1, 0.15) is 5.82 Å². The molecule has 0 aromatic heterocycles. The third-order valence-electron chi connectivity index (χ3n) is 3.69. The third kappa shape index (κ3) is 3.41. The first-order valence-corrected chi connectivity index (χ1v) is 6.92. The SMILES string of the molecule is CC1OCCC1N(C)C(=O)c1cc(F)ccc1C#CCN. The van der Waals surface area contributed by atoms with Gasteiger partial charge in [0, 0.05) is 19.2 Å². The second-order valence-electron chi connectivity index (χ2n) is 5.04. The molecule has 0 aliphatic carbocycles. The van der Waals surface area contributed by atoms with Crippen LogP contribution in [-0.2, 0) is 4.74 Å². The lowest BCUT2D eigenvalue weighted by atomic mass is 10.0. The molecule has 1 amide bonds. The van der Waals surface area contributed by atoms with Crippen LogP contribution in [0.4, 0.5) is 4.39 Å². The molecule has 2 rings (SSSR count). The number of carbonyl (C=O) groups excluding carboxylic acids is 1. The van der Waals surface area contributed by atoms with Gasteiger partial charge in [-0.2, -0.15) is 0 Å². The zero-order chi connectivity index (χ0) is 15.4. The van der Waals surface area contributed by atoms with Gasteiger partial charge in [-0.1, -0.05) is 11.8 Å². The summed E-state index contributed by atoms with van der Waals surface area (Å²) in [6.07, 6.45) is 0.758. The van der Waals surface area contributed by atoms with Crippen LogP contribution in [0.1, 0.15) is 29.3 Å². The molecule has 1 saturated heterocycles. The highest BCUT2D eigenvalue weighted by molar-refractivity contribution is 5.96. The van der Waals surface area contributed by atoms with Gasteiger partial charge in [-0.15, -0.1) is 0 Å². The fourth-order valence-electron chi connectivity index (χ4n) is 2.52. The van der Waals surface area contributed by atoms with E-state index in [4.69, 9.17) is 10.5 Å². The smallest absolute Gasteiger partial charge is 0.255 e. The van der Waals surface area contributed by atoms with Gasteiger partial charge >= 0.3 is 0 Å². The number of carbonyl (C=O) groups is 1. The fourth-order valence-corrected chi connectivity index (χ4v) is 2.52. The molecule has 0 bridgehead atoms. The number of nitrogens with zero attached hydrogens (tertiary/aromatic N) is 1. The molecule has 0 spiro atoms. The van der Waals surface area contributed by atoms with E-state index in [0.29, 0.717) is 12.2 Å². The summed E-state index contributed by atoms with van der Waals surface area (Å²) >= 11 is 0. The second kappa shape index (κ2) is 6.70. The number of benzene rings is 1. The summed E-state index contributed by atoms with van der Waals surface area (Å²) in [4.78, 5) is 14.2. The van der Waals surface area contributed by atoms with Crippen molar-refractivity contribution < 1.29 is 13.9 Å². The summed E-state index contributed by atoms with van der Waals surface area (Å²) in [5.74, 6) is 4.80. The molecule has 0 radical (unpaired) electrons. The fraction of sp³-hybridized carbons (Fsp3) is 0.438. The molecule has 112 valence electrons. The number of nitrogens with two attached hydrogens (primary N) is 1. The molecule has 1 aromatic carbocycles. The minimum atomic E-state index is -0.458. The van der Waals surface area contributed by atoms with Crippen molar-refractivity contribution in [3.05, 3.63) is 35.1 Å². The van der Waals surface area contributed by atoms with E-state index < -0.39 is 5.82 Å². The summed E-state index contributed by atoms with van der Waals surface area (Å²) in [7, 11) is 1.71. The van der Waals surface area contributed by atoms with Crippen molar-refractivity contribution in [1.82, 2.24) is 4.90 Å². The quantitative estimate of drug-likeness (QED) is 0.837. The monoisotopic (exact) mass is 290 g/mol. The number of hydrogen-bond acceptors (Lipinski definition) is 3. The van der Waals surface area contributed by atoms with Crippen molar-refractivity contribution in [2.75, 3.05) is 20.2 Å². The number of hydrogen-bond donors (Lipinski definition) is 1. The van der Waals surface area contributed by atoms with Crippen LogP contribution in [0.25, 0.3) is 0 Å². The molecule has 2 unspecified atom stereocenters. The number of halogens is 1. The normalized spacial score (nSPS) is 20.8. The lowest BCUT2D eigenvalue weighted by Gasteiger charge is -2.27. The molecule has 2 atom stereocenters. The molecule has 1 heterocycles. The van der Waals surface area contributed by atoms with Crippen LogP contribution in [-0.4, -0.2) is 43.2 Å². The van der Waals surface area contributed by atoms with Crippen LogP contribution in [0.15, 0.2) is 18.2 Å². The van der Waals surface area contributed by atoms with E-state index in [1.807, 2.05) is 6.92 Å². The molecule has 1 aromatic rings. The van der Waals surface area contributed by atoms with Crippen LogP contribution in [0.5, 0.6) is 0 Å². The summed E-state index contributed by atoms with van der Waals surface area (Å²) in [6.45, 7) is 2.75. The van der Waals surface area contributed by atoms with Crippen molar-refractivity contribution in [3.63, 3.8) is 0 Å². The largest absolute Gasteiger partial charge is 0.376 e. The maximum Gasteiger partial charge on any atom is 0.255 e. The molecule has 0 saturated carbocycles. The molecule has 1 fully saturated rings. The molecular weight excluding hydrogens is 271 g/mol. The second-order valence-corrected chi connectivity index (χ2v) is 5.04. The minimum Gasteiger partial charge on any atom is -0.376 e. The standard InChI is InChI=1S/C16H19FN2O2/c1-11-15(7-9-21-11)19(2)16(20)14-10-13(17)6-5-12(14)4-3-8-18/h5-6,10-11,15H,7-9,18H2,1-2H3. The van der Waals surface area contributed by atoms with Crippen LogP contribution in [0, 0.1) is 17.7 Å². The van der Waals surface area contributed by atoms with Crippen molar-refractivity contribution in [3.8, 4) is 11.8 Å². The average molecular weight is 290 g/mol. The number of rotatable bonds is 2. The van der Waals surface area contributed by atoms with Gasteiger partial charge in [0.2, 0.25) is 0 Å². The summed E-state index contributed by atoms with van der Waals surface area (Å²) in [6, 6.07) is 4.02.